The number of sulfonamides is 1. The number of benzene rings is 1. The van der Waals surface area contributed by atoms with E-state index in [1.807, 2.05) is 25.1 Å². The van der Waals surface area contributed by atoms with Gasteiger partial charge in [0, 0.05) is 19.5 Å². The Morgan fingerprint density at radius 1 is 1.29 bits per heavy atom. The van der Waals surface area contributed by atoms with Gasteiger partial charge in [0.1, 0.15) is 4.90 Å². The Morgan fingerprint density at radius 2 is 2.00 bits per heavy atom. The summed E-state index contributed by atoms with van der Waals surface area (Å²) in [6.07, 6.45) is 0.557. The fourth-order valence-corrected chi connectivity index (χ4v) is 4.67. The molecule has 1 aromatic heterocycles. The third-order valence-electron chi connectivity index (χ3n) is 4.42. The monoisotopic (exact) mass is 349 g/mol. The van der Waals surface area contributed by atoms with Gasteiger partial charge >= 0.3 is 0 Å². The minimum Gasteiger partial charge on any atom is -0.372 e. The summed E-state index contributed by atoms with van der Waals surface area (Å²) in [6, 6.07) is 8.10. The Morgan fingerprint density at radius 3 is 2.67 bits per heavy atom. The number of rotatable bonds is 5. The minimum atomic E-state index is -3.60. The number of hydrogen-bond acceptors (Lipinski definition) is 4. The van der Waals surface area contributed by atoms with E-state index in [1.54, 1.807) is 18.5 Å². The van der Waals surface area contributed by atoms with Gasteiger partial charge in [-0.25, -0.2) is 13.1 Å². The fourth-order valence-electron chi connectivity index (χ4n) is 3.19. The van der Waals surface area contributed by atoms with Crippen LogP contribution in [0, 0.1) is 13.8 Å². The molecule has 1 N–H and O–H groups in total. The van der Waals surface area contributed by atoms with Crippen LogP contribution in [0.4, 0.5) is 0 Å². The molecule has 0 spiro atoms. The number of hydrogen-bond donors (Lipinski definition) is 1. The van der Waals surface area contributed by atoms with E-state index in [4.69, 9.17) is 4.74 Å². The second-order valence-electron chi connectivity index (χ2n) is 6.07. The molecule has 7 heteroatoms. The van der Waals surface area contributed by atoms with Gasteiger partial charge < -0.3 is 4.74 Å². The normalized spacial score (nSPS) is 17.7. The molecule has 1 aromatic carbocycles. The van der Waals surface area contributed by atoms with Crippen molar-refractivity contribution >= 4 is 10.0 Å². The number of nitrogens with one attached hydrogen (secondary N) is 1. The van der Waals surface area contributed by atoms with Crippen LogP contribution in [0.3, 0.4) is 0 Å². The molecule has 1 aliphatic rings. The number of aryl methyl sites for hydroxylation is 2. The lowest BCUT2D eigenvalue weighted by Gasteiger charge is -2.25. The first kappa shape index (κ1) is 17.1. The van der Waals surface area contributed by atoms with E-state index in [-0.39, 0.29) is 17.5 Å². The second kappa shape index (κ2) is 6.66. The molecule has 1 aliphatic heterocycles. The molecular weight excluding hydrogens is 326 g/mol. The average Bonchev–Trinajstić information content (AvgIpc) is 2.87. The Balaban J connectivity index is 1.72. The molecule has 0 fully saturated rings. The molecule has 0 aliphatic carbocycles. The third-order valence-corrected chi connectivity index (χ3v) is 6.10. The Labute approximate surface area is 142 Å². The van der Waals surface area contributed by atoms with Gasteiger partial charge in [0.15, 0.2) is 0 Å². The van der Waals surface area contributed by atoms with Gasteiger partial charge in [-0.2, -0.15) is 5.10 Å². The second-order valence-corrected chi connectivity index (χ2v) is 7.78. The molecule has 0 bridgehead atoms. The van der Waals surface area contributed by atoms with Crippen molar-refractivity contribution in [2.45, 2.75) is 51.3 Å². The highest BCUT2D eigenvalue weighted by Gasteiger charge is 2.26. The van der Waals surface area contributed by atoms with Crippen molar-refractivity contribution in [2.24, 2.45) is 0 Å². The van der Waals surface area contributed by atoms with Gasteiger partial charge in [-0.1, -0.05) is 24.3 Å². The summed E-state index contributed by atoms with van der Waals surface area (Å²) in [4.78, 5) is 0.278. The molecule has 130 valence electrons. The van der Waals surface area contributed by atoms with Gasteiger partial charge in [-0.3, -0.25) is 4.68 Å². The highest BCUT2D eigenvalue weighted by atomic mass is 32.2. The summed E-state index contributed by atoms with van der Waals surface area (Å²) >= 11 is 0. The van der Waals surface area contributed by atoms with Crippen LogP contribution in [0.25, 0.3) is 0 Å². The van der Waals surface area contributed by atoms with Crippen molar-refractivity contribution in [1.82, 2.24) is 14.5 Å². The molecular formula is C17H23N3O3S. The summed E-state index contributed by atoms with van der Waals surface area (Å²) in [7, 11) is -3.60. The fraction of sp³-hybridized carbons (Fsp3) is 0.471. The van der Waals surface area contributed by atoms with Gasteiger partial charge in [-0.05, 0) is 31.9 Å². The van der Waals surface area contributed by atoms with Gasteiger partial charge in [0.25, 0.3) is 0 Å². The molecule has 2 heterocycles. The number of ether oxygens (including phenoxy) is 1. The van der Waals surface area contributed by atoms with Crippen LogP contribution in [-0.4, -0.2) is 30.8 Å². The molecule has 0 unspecified atom stereocenters. The van der Waals surface area contributed by atoms with Crippen molar-refractivity contribution in [2.75, 3.05) is 6.54 Å². The van der Waals surface area contributed by atoms with Crippen molar-refractivity contribution in [3.8, 4) is 0 Å². The molecule has 24 heavy (non-hydrogen) atoms. The average molecular weight is 349 g/mol. The smallest absolute Gasteiger partial charge is 0.244 e. The van der Waals surface area contributed by atoms with E-state index in [0.29, 0.717) is 31.0 Å². The maximum Gasteiger partial charge on any atom is 0.244 e. The Bertz CT molecular complexity index is 843. The zero-order valence-electron chi connectivity index (χ0n) is 14.2. The number of aromatic nitrogens is 2. The molecule has 0 saturated heterocycles. The lowest BCUT2D eigenvalue weighted by Crippen LogP contribution is -2.37. The van der Waals surface area contributed by atoms with Crippen LogP contribution in [0.2, 0.25) is 0 Å². The highest BCUT2D eigenvalue weighted by Crippen LogP contribution is 2.22. The Hall–Kier alpha value is -1.70. The van der Waals surface area contributed by atoms with Crippen LogP contribution < -0.4 is 4.72 Å². The van der Waals surface area contributed by atoms with E-state index in [1.165, 1.54) is 11.1 Å². The third kappa shape index (κ3) is 3.24. The predicted octanol–water partition coefficient (Wildman–Crippen LogP) is 1.94. The van der Waals surface area contributed by atoms with Gasteiger partial charge in [-0.15, -0.1) is 0 Å². The van der Waals surface area contributed by atoms with Crippen LogP contribution in [0.15, 0.2) is 29.2 Å². The van der Waals surface area contributed by atoms with Gasteiger partial charge in [0.05, 0.1) is 24.1 Å². The summed E-state index contributed by atoms with van der Waals surface area (Å²) in [5.74, 6) is 0. The summed E-state index contributed by atoms with van der Waals surface area (Å²) < 4.78 is 35.5. The first-order chi connectivity index (χ1) is 11.4. The molecule has 0 radical (unpaired) electrons. The van der Waals surface area contributed by atoms with Gasteiger partial charge in [0.2, 0.25) is 10.0 Å². The zero-order chi connectivity index (χ0) is 17.3. The first-order valence-electron chi connectivity index (χ1n) is 8.14. The van der Waals surface area contributed by atoms with Crippen LogP contribution >= 0.6 is 0 Å². The highest BCUT2D eigenvalue weighted by molar-refractivity contribution is 7.89. The van der Waals surface area contributed by atoms with E-state index < -0.39 is 10.0 Å². The van der Waals surface area contributed by atoms with Crippen molar-refractivity contribution in [3.63, 3.8) is 0 Å². The minimum absolute atomic E-state index is 0.156. The SMILES string of the molecule is CCn1nc(C)c(S(=O)(=O)NC[C@@H]2Cc3ccccc3CO2)c1C. The van der Waals surface area contributed by atoms with Crippen LogP contribution in [0.1, 0.15) is 29.4 Å². The predicted molar refractivity (Wildman–Crippen MR) is 91.3 cm³/mol. The van der Waals surface area contributed by atoms with E-state index in [2.05, 4.69) is 15.9 Å². The first-order valence-corrected chi connectivity index (χ1v) is 9.62. The number of nitrogens with zero attached hydrogens (tertiary/aromatic N) is 2. The maximum absolute atomic E-state index is 12.7. The number of fused-ring (bicyclic) bond motifs is 1. The zero-order valence-corrected chi connectivity index (χ0v) is 15.1. The molecule has 3 rings (SSSR count). The topological polar surface area (TPSA) is 73.2 Å². The molecule has 0 saturated carbocycles. The van der Waals surface area contributed by atoms with E-state index >= 15 is 0 Å². The van der Waals surface area contributed by atoms with Crippen LogP contribution in [0.5, 0.6) is 0 Å². The summed E-state index contributed by atoms with van der Waals surface area (Å²) in [6.45, 7) is 6.87. The van der Waals surface area contributed by atoms with Crippen LogP contribution in [-0.2, 0) is 34.3 Å². The quantitative estimate of drug-likeness (QED) is 0.895. The lowest BCUT2D eigenvalue weighted by molar-refractivity contribution is 0.0322. The largest absolute Gasteiger partial charge is 0.372 e. The van der Waals surface area contributed by atoms with Crippen molar-refractivity contribution in [1.29, 1.82) is 0 Å². The standard InChI is InChI=1S/C17H23N3O3S/c1-4-20-13(3)17(12(2)19-20)24(21,22)18-10-16-9-14-7-5-6-8-15(14)11-23-16/h5-8,16,18H,4,9-11H2,1-3H3/t16-/m0/s1. The maximum atomic E-state index is 12.7. The molecule has 0 amide bonds. The Kier molecular flexibility index (Phi) is 4.76. The van der Waals surface area contributed by atoms with Crippen molar-refractivity contribution < 1.29 is 13.2 Å². The summed E-state index contributed by atoms with van der Waals surface area (Å²) in [5.41, 5.74) is 3.58. The van der Waals surface area contributed by atoms with E-state index in [0.717, 1.165) is 0 Å². The lowest BCUT2D eigenvalue weighted by atomic mass is 9.99. The molecule has 2 aromatic rings. The molecule has 6 nitrogen and oxygen atoms in total. The van der Waals surface area contributed by atoms with Crippen molar-refractivity contribution in [3.05, 3.63) is 46.8 Å². The summed E-state index contributed by atoms with van der Waals surface area (Å²) in [5, 5.41) is 4.29. The molecule has 1 atom stereocenters. The van der Waals surface area contributed by atoms with E-state index in [9.17, 15) is 8.42 Å².